The molecular formula is C28H31N3O2S. The predicted molar refractivity (Wildman–Crippen MR) is 144 cm³/mol. The van der Waals surface area contributed by atoms with Gasteiger partial charge in [-0.25, -0.2) is 0 Å². The van der Waals surface area contributed by atoms with E-state index in [1.165, 1.54) is 10.5 Å². The molecule has 1 fully saturated rings. The van der Waals surface area contributed by atoms with Gasteiger partial charge in [0, 0.05) is 17.3 Å². The zero-order valence-corrected chi connectivity index (χ0v) is 21.6. The number of thiocarbonyl (C=S) groups is 1. The molecule has 0 aromatic heterocycles. The number of anilines is 2. The van der Waals surface area contributed by atoms with Gasteiger partial charge in [-0.1, -0.05) is 24.3 Å². The van der Waals surface area contributed by atoms with E-state index in [-0.39, 0.29) is 16.2 Å². The molecule has 0 saturated carbocycles. The molecule has 176 valence electrons. The fourth-order valence-corrected chi connectivity index (χ4v) is 5.40. The van der Waals surface area contributed by atoms with Crippen molar-refractivity contribution >= 4 is 52.2 Å². The third-order valence-corrected chi connectivity index (χ3v) is 6.93. The number of hydrogen-bond donors (Lipinski definition) is 1. The Morgan fingerprint density at radius 1 is 1.03 bits per heavy atom. The lowest BCUT2D eigenvalue weighted by Gasteiger charge is -2.46. The number of allylic oxidation sites excluding steroid dienone is 1. The van der Waals surface area contributed by atoms with Crippen molar-refractivity contribution in [1.29, 1.82) is 0 Å². The molecule has 0 unspecified atom stereocenters. The summed E-state index contributed by atoms with van der Waals surface area (Å²) in [5.41, 5.74) is 6.86. The normalized spacial score (nSPS) is 18.9. The SMILES string of the molecule is CC1=CC(C)(C)N(C(C)C)c2ccc(/C=C3\C(=O)NC(=S)N(c4cccc(C)c4C)C3=O)cc21. The number of aryl methyl sites for hydroxylation is 1. The maximum absolute atomic E-state index is 13.5. The molecule has 4 rings (SSSR count). The van der Waals surface area contributed by atoms with E-state index < -0.39 is 11.8 Å². The average Bonchev–Trinajstić information content (AvgIpc) is 2.73. The Balaban J connectivity index is 1.78. The van der Waals surface area contributed by atoms with Crippen LogP contribution in [0.5, 0.6) is 0 Å². The summed E-state index contributed by atoms with van der Waals surface area (Å²) in [5.74, 6) is -0.899. The van der Waals surface area contributed by atoms with Gasteiger partial charge < -0.3 is 4.90 Å². The number of benzene rings is 2. The summed E-state index contributed by atoms with van der Waals surface area (Å²) < 4.78 is 0. The first-order valence-corrected chi connectivity index (χ1v) is 11.9. The smallest absolute Gasteiger partial charge is 0.270 e. The molecule has 2 aliphatic rings. The molecule has 0 radical (unpaired) electrons. The Labute approximate surface area is 207 Å². The minimum absolute atomic E-state index is 0.0629. The van der Waals surface area contributed by atoms with Crippen LogP contribution in [0.25, 0.3) is 11.6 Å². The van der Waals surface area contributed by atoms with Gasteiger partial charge in [0.2, 0.25) is 0 Å². The van der Waals surface area contributed by atoms with E-state index in [0.717, 1.165) is 27.9 Å². The van der Waals surface area contributed by atoms with E-state index in [9.17, 15) is 9.59 Å². The Bertz CT molecular complexity index is 1290. The summed E-state index contributed by atoms with van der Waals surface area (Å²) in [5, 5.41) is 2.79. The zero-order chi connectivity index (χ0) is 24.9. The molecule has 2 aromatic rings. The number of fused-ring (bicyclic) bond motifs is 1. The van der Waals surface area contributed by atoms with Gasteiger partial charge in [-0.05, 0) is 107 Å². The summed E-state index contributed by atoms with van der Waals surface area (Å²) >= 11 is 5.37. The second kappa shape index (κ2) is 8.51. The molecule has 2 aromatic carbocycles. The van der Waals surface area contributed by atoms with Crippen LogP contribution in [0.1, 0.15) is 56.9 Å². The highest BCUT2D eigenvalue weighted by atomic mass is 32.1. The van der Waals surface area contributed by atoms with Gasteiger partial charge in [0.05, 0.1) is 11.2 Å². The lowest BCUT2D eigenvalue weighted by molar-refractivity contribution is -0.122. The van der Waals surface area contributed by atoms with E-state index in [1.54, 1.807) is 6.08 Å². The topological polar surface area (TPSA) is 52.7 Å². The van der Waals surface area contributed by atoms with Crippen LogP contribution in [0.3, 0.4) is 0 Å². The van der Waals surface area contributed by atoms with Crippen molar-refractivity contribution in [3.63, 3.8) is 0 Å². The van der Waals surface area contributed by atoms with Crippen LogP contribution < -0.4 is 15.1 Å². The van der Waals surface area contributed by atoms with Crippen molar-refractivity contribution in [2.45, 2.75) is 60.0 Å². The maximum Gasteiger partial charge on any atom is 0.270 e. The third kappa shape index (κ3) is 3.96. The number of carbonyl (C=O) groups is 2. The van der Waals surface area contributed by atoms with E-state index in [0.29, 0.717) is 11.7 Å². The van der Waals surface area contributed by atoms with Crippen LogP contribution in [0.4, 0.5) is 11.4 Å². The van der Waals surface area contributed by atoms with Crippen molar-refractivity contribution in [3.05, 3.63) is 70.3 Å². The van der Waals surface area contributed by atoms with Crippen LogP contribution in [0.2, 0.25) is 0 Å². The van der Waals surface area contributed by atoms with E-state index in [2.05, 4.69) is 63.0 Å². The standard InChI is InChI=1S/C28H31N3O2S/c1-16(2)31-24-12-11-20(13-21(24)18(4)15-28(31,6)7)14-22-25(32)29-27(34)30(26(22)33)23-10-8-9-17(3)19(23)5/h8-16H,1-7H3,(H,29,32,34)/b22-14+. The number of rotatable bonds is 3. The lowest BCUT2D eigenvalue weighted by atomic mass is 9.86. The Kier molecular flexibility index (Phi) is 5.98. The second-order valence-corrected chi connectivity index (χ2v) is 10.3. The maximum atomic E-state index is 13.5. The molecule has 6 heteroatoms. The van der Waals surface area contributed by atoms with E-state index in [1.807, 2.05) is 38.1 Å². The monoisotopic (exact) mass is 473 g/mol. The number of hydrogen-bond acceptors (Lipinski definition) is 4. The minimum atomic E-state index is -0.480. The summed E-state index contributed by atoms with van der Waals surface area (Å²) in [6, 6.07) is 12.1. The largest absolute Gasteiger partial charge is 0.360 e. The highest BCUT2D eigenvalue weighted by Gasteiger charge is 2.36. The molecule has 2 aliphatic heterocycles. The Hall–Kier alpha value is -3.25. The predicted octanol–water partition coefficient (Wildman–Crippen LogP) is 5.55. The van der Waals surface area contributed by atoms with Crippen molar-refractivity contribution in [2.24, 2.45) is 0 Å². The lowest BCUT2D eigenvalue weighted by Crippen LogP contribution is -2.54. The third-order valence-electron chi connectivity index (χ3n) is 6.64. The number of nitrogens with one attached hydrogen (secondary N) is 1. The van der Waals surface area contributed by atoms with Gasteiger partial charge in [-0.15, -0.1) is 0 Å². The first-order chi connectivity index (χ1) is 15.9. The first kappa shape index (κ1) is 23.9. The fraction of sp³-hybridized carbons (Fsp3) is 0.321. The number of nitrogens with zero attached hydrogens (tertiary/aromatic N) is 2. The molecule has 34 heavy (non-hydrogen) atoms. The molecule has 1 N–H and O–H groups in total. The Morgan fingerprint density at radius 3 is 2.41 bits per heavy atom. The average molecular weight is 474 g/mol. The fourth-order valence-electron chi connectivity index (χ4n) is 5.12. The van der Waals surface area contributed by atoms with Gasteiger partial charge in [-0.2, -0.15) is 0 Å². The first-order valence-electron chi connectivity index (χ1n) is 11.5. The molecule has 1 saturated heterocycles. The molecule has 0 atom stereocenters. The molecule has 5 nitrogen and oxygen atoms in total. The van der Waals surface area contributed by atoms with Gasteiger partial charge >= 0.3 is 0 Å². The van der Waals surface area contributed by atoms with Crippen molar-refractivity contribution in [3.8, 4) is 0 Å². The van der Waals surface area contributed by atoms with Gasteiger partial charge in [-0.3, -0.25) is 19.8 Å². The molecule has 0 spiro atoms. The summed E-state index contributed by atoms with van der Waals surface area (Å²) in [7, 11) is 0. The summed E-state index contributed by atoms with van der Waals surface area (Å²) in [4.78, 5) is 30.1. The number of amides is 2. The quantitative estimate of drug-likeness (QED) is 0.361. The van der Waals surface area contributed by atoms with Gasteiger partial charge in [0.1, 0.15) is 5.57 Å². The molecule has 2 heterocycles. The van der Waals surface area contributed by atoms with Crippen LogP contribution >= 0.6 is 12.2 Å². The van der Waals surface area contributed by atoms with Crippen molar-refractivity contribution in [2.75, 3.05) is 9.80 Å². The summed E-state index contributed by atoms with van der Waals surface area (Å²) in [6.45, 7) is 14.8. The number of carbonyl (C=O) groups excluding carboxylic acids is 2. The second-order valence-electron chi connectivity index (χ2n) is 9.90. The summed E-state index contributed by atoms with van der Waals surface area (Å²) in [6.07, 6.45) is 3.93. The molecule has 0 aliphatic carbocycles. The van der Waals surface area contributed by atoms with Crippen molar-refractivity contribution in [1.82, 2.24) is 5.32 Å². The molecular weight excluding hydrogens is 442 g/mol. The van der Waals surface area contributed by atoms with Crippen LogP contribution in [-0.2, 0) is 9.59 Å². The molecule has 0 bridgehead atoms. The van der Waals surface area contributed by atoms with Gasteiger partial charge in [0.15, 0.2) is 5.11 Å². The van der Waals surface area contributed by atoms with Crippen LogP contribution in [-0.4, -0.2) is 28.5 Å². The highest BCUT2D eigenvalue weighted by Crippen LogP contribution is 2.41. The van der Waals surface area contributed by atoms with Crippen molar-refractivity contribution < 1.29 is 9.59 Å². The molecule has 2 amide bonds. The zero-order valence-electron chi connectivity index (χ0n) is 20.8. The highest BCUT2D eigenvalue weighted by molar-refractivity contribution is 7.80. The van der Waals surface area contributed by atoms with E-state index >= 15 is 0 Å². The van der Waals surface area contributed by atoms with Crippen LogP contribution in [0, 0.1) is 13.8 Å². The van der Waals surface area contributed by atoms with E-state index in [4.69, 9.17) is 12.2 Å². The Morgan fingerprint density at radius 2 is 1.74 bits per heavy atom. The van der Waals surface area contributed by atoms with Gasteiger partial charge in [0.25, 0.3) is 11.8 Å². The minimum Gasteiger partial charge on any atom is -0.360 e. The van der Waals surface area contributed by atoms with Crippen LogP contribution in [0.15, 0.2) is 48.0 Å².